The summed E-state index contributed by atoms with van der Waals surface area (Å²) in [6.07, 6.45) is 0.977. The molecule has 0 spiro atoms. The molecule has 1 aliphatic heterocycles. The zero-order valence-electron chi connectivity index (χ0n) is 13.9. The number of carbonyl (C=O) groups is 1. The second-order valence-corrected chi connectivity index (χ2v) is 7.46. The van der Waals surface area contributed by atoms with E-state index in [1.165, 1.54) is 16.6 Å². The van der Waals surface area contributed by atoms with Crippen molar-refractivity contribution in [3.05, 3.63) is 69.3 Å². The zero-order valence-corrected chi connectivity index (χ0v) is 15.4. The molecule has 0 unspecified atom stereocenters. The normalized spacial score (nSPS) is 14.7. The highest BCUT2D eigenvalue weighted by Gasteiger charge is 2.23. The lowest BCUT2D eigenvalue weighted by atomic mass is 10.0. The van der Waals surface area contributed by atoms with E-state index in [1.807, 2.05) is 18.2 Å². The van der Waals surface area contributed by atoms with E-state index in [0.717, 1.165) is 30.0 Å². The average molecular weight is 373 g/mol. The Hall–Kier alpha value is -1.81. The van der Waals surface area contributed by atoms with Gasteiger partial charge in [-0.05, 0) is 61.5 Å². The van der Waals surface area contributed by atoms with Crippen LogP contribution in [0.3, 0.4) is 0 Å². The quantitative estimate of drug-likeness (QED) is 0.615. The minimum absolute atomic E-state index is 0.0829. The molecule has 3 aromatic rings. The molecular formula is C20H18Cl2N2O. The molecule has 0 amide bonds. The number of ketones is 1. The number of benzene rings is 2. The van der Waals surface area contributed by atoms with Gasteiger partial charge >= 0.3 is 0 Å². The van der Waals surface area contributed by atoms with Crippen LogP contribution in [0.4, 0.5) is 0 Å². The Morgan fingerprint density at radius 3 is 2.56 bits per heavy atom. The van der Waals surface area contributed by atoms with Gasteiger partial charge in [-0.2, -0.15) is 0 Å². The topological polar surface area (TPSA) is 25.2 Å². The maximum atomic E-state index is 12.8. The SMILES string of the molecule is CN1CCc2c(n(CC(=O)c3ccc(Cl)cc3)c3ccc(Cl)cc23)C1. The third-order valence-corrected chi connectivity index (χ3v) is 5.37. The van der Waals surface area contributed by atoms with Crippen LogP contribution in [0.2, 0.25) is 10.0 Å². The van der Waals surface area contributed by atoms with Crippen LogP contribution < -0.4 is 0 Å². The van der Waals surface area contributed by atoms with Crippen LogP contribution in [0.25, 0.3) is 10.9 Å². The minimum atomic E-state index is 0.0829. The molecule has 5 heteroatoms. The molecule has 0 aliphatic carbocycles. The Bertz CT molecular complexity index is 960. The van der Waals surface area contributed by atoms with Gasteiger partial charge in [0.15, 0.2) is 5.78 Å². The summed E-state index contributed by atoms with van der Waals surface area (Å²) in [5.74, 6) is 0.0829. The number of carbonyl (C=O) groups excluding carboxylic acids is 1. The van der Waals surface area contributed by atoms with E-state index in [9.17, 15) is 4.79 Å². The van der Waals surface area contributed by atoms with Crippen LogP contribution in [0.5, 0.6) is 0 Å². The number of nitrogens with zero attached hydrogens (tertiary/aromatic N) is 2. The molecule has 0 atom stereocenters. The Balaban J connectivity index is 1.79. The number of likely N-dealkylation sites (N-methyl/N-ethyl adjacent to an activating group) is 1. The molecular weight excluding hydrogens is 355 g/mol. The molecule has 0 radical (unpaired) electrons. The largest absolute Gasteiger partial charge is 0.335 e. The molecule has 0 fully saturated rings. The van der Waals surface area contributed by atoms with Crippen molar-refractivity contribution < 1.29 is 4.79 Å². The minimum Gasteiger partial charge on any atom is -0.335 e. The monoisotopic (exact) mass is 372 g/mol. The molecule has 0 bridgehead atoms. The molecule has 25 heavy (non-hydrogen) atoms. The molecule has 2 heterocycles. The lowest BCUT2D eigenvalue weighted by Crippen LogP contribution is -2.28. The summed E-state index contributed by atoms with van der Waals surface area (Å²) < 4.78 is 2.15. The Labute approximate surface area is 156 Å². The first-order chi connectivity index (χ1) is 12.0. The van der Waals surface area contributed by atoms with Crippen LogP contribution >= 0.6 is 23.2 Å². The highest BCUT2D eigenvalue weighted by atomic mass is 35.5. The summed E-state index contributed by atoms with van der Waals surface area (Å²) in [6.45, 7) is 2.18. The van der Waals surface area contributed by atoms with Gasteiger partial charge in [-0.3, -0.25) is 4.79 Å². The first kappa shape index (κ1) is 16.6. The average Bonchev–Trinajstić information content (AvgIpc) is 2.88. The molecule has 0 N–H and O–H groups in total. The number of aromatic nitrogens is 1. The van der Waals surface area contributed by atoms with Gasteiger partial charge in [0.25, 0.3) is 0 Å². The molecule has 128 valence electrons. The molecule has 0 saturated carbocycles. The van der Waals surface area contributed by atoms with Crippen molar-refractivity contribution in [2.45, 2.75) is 19.5 Å². The number of fused-ring (bicyclic) bond motifs is 3. The van der Waals surface area contributed by atoms with E-state index in [-0.39, 0.29) is 5.78 Å². The number of rotatable bonds is 3. The maximum Gasteiger partial charge on any atom is 0.182 e. The summed E-state index contributed by atoms with van der Waals surface area (Å²) in [7, 11) is 2.11. The van der Waals surface area contributed by atoms with E-state index in [0.29, 0.717) is 17.1 Å². The fourth-order valence-corrected chi connectivity index (χ4v) is 3.90. The van der Waals surface area contributed by atoms with Gasteiger partial charge in [-0.15, -0.1) is 0 Å². The van der Waals surface area contributed by atoms with Crippen LogP contribution in [0.1, 0.15) is 21.6 Å². The van der Waals surface area contributed by atoms with E-state index < -0.39 is 0 Å². The number of hydrogen-bond donors (Lipinski definition) is 0. The van der Waals surface area contributed by atoms with Crippen LogP contribution in [-0.2, 0) is 19.5 Å². The van der Waals surface area contributed by atoms with Crippen LogP contribution in [0, 0.1) is 0 Å². The summed E-state index contributed by atoms with van der Waals surface area (Å²) >= 11 is 12.1. The highest BCUT2D eigenvalue weighted by molar-refractivity contribution is 6.31. The summed E-state index contributed by atoms with van der Waals surface area (Å²) in [5, 5.41) is 2.53. The molecule has 3 nitrogen and oxygen atoms in total. The molecule has 0 saturated heterocycles. The van der Waals surface area contributed by atoms with Crippen molar-refractivity contribution in [3.8, 4) is 0 Å². The van der Waals surface area contributed by atoms with Gasteiger partial charge in [0.05, 0.1) is 6.54 Å². The third-order valence-electron chi connectivity index (χ3n) is 4.88. The Morgan fingerprint density at radius 1 is 1.08 bits per heavy atom. The van der Waals surface area contributed by atoms with Crippen molar-refractivity contribution in [3.63, 3.8) is 0 Å². The van der Waals surface area contributed by atoms with E-state index in [2.05, 4.69) is 16.5 Å². The maximum absolute atomic E-state index is 12.8. The standard InChI is InChI=1S/C20H18Cl2N2O/c1-23-9-8-16-17-10-15(22)6-7-18(17)24(19(16)11-23)12-20(25)13-2-4-14(21)5-3-13/h2-7,10H,8-9,11-12H2,1H3. The van der Waals surface area contributed by atoms with Crippen molar-refractivity contribution in [2.24, 2.45) is 0 Å². The summed E-state index contributed by atoms with van der Waals surface area (Å²) in [4.78, 5) is 15.1. The van der Waals surface area contributed by atoms with Crippen molar-refractivity contribution in [1.29, 1.82) is 0 Å². The fourth-order valence-electron chi connectivity index (χ4n) is 3.60. The summed E-state index contributed by atoms with van der Waals surface area (Å²) in [6, 6.07) is 13.0. The Kier molecular flexibility index (Phi) is 4.32. The molecule has 4 rings (SSSR count). The van der Waals surface area contributed by atoms with Crippen molar-refractivity contribution in [1.82, 2.24) is 9.47 Å². The van der Waals surface area contributed by atoms with E-state index in [1.54, 1.807) is 24.3 Å². The lowest BCUT2D eigenvalue weighted by molar-refractivity contribution is 0.0971. The molecule has 1 aromatic heterocycles. The van der Waals surface area contributed by atoms with Gasteiger partial charge in [-0.1, -0.05) is 23.2 Å². The zero-order chi connectivity index (χ0) is 17.6. The first-order valence-corrected chi connectivity index (χ1v) is 9.05. The first-order valence-electron chi connectivity index (χ1n) is 8.30. The fraction of sp³-hybridized carbons (Fsp3) is 0.250. The second kappa shape index (κ2) is 6.49. The highest BCUT2D eigenvalue weighted by Crippen LogP contribution is 2.32. The van der Waals surface area contributed by atoms with Gasteiger partial charge in [-0.25, -0.2) is 0 Å². The number of Topliss-reactive ketones (excluding diaryl/α,β-unsaturated/α-hetero) is 1. The molecule has 2 aromatic carbocycles. The van der Waals surface area contributed by atoms with Crippen molar-refractivity contribution >= 4 is 39.9 Å². The smallest absolute Gasteiger partial charge is 0.182 e. The van der Waals surface area contributed by atoms with E-state index >= 15 is 0 Å². The van der Waals surface area contributed by atoms with Gasteiger partial charge in [0.1, 0.15) is 0 Å². The lowest BCUT2D eigenvalue weighted by Gasteiger charge is -2.24. The number of hydrogen-bond acceptors (Lipinski definition) is 2. The number of halogens is 2. The summed E-state index contributed by atoms with van der Waals surface area (Å²) in [5.41, 5.74) is 4.29. The second-order valence-electron chi connectivity index (χ2n) is 6.59. The van der Waals surface area contributed by atoms with Crippen LogP contribution in [-0.4, -0.2) is 28.8 Å². The molecule has 1 aliphatic rings. The van der Waals surface area contributed by atoms with E-state index in [4.69, 9.17) is 23.2 Å². The van der Waals surface area contributed by atoms with Gasteiger partial charge < -0.3 is 9.47 Å². The predicted molar refractivity (Wildman–Crippen MR) is 103 cm³/mol. The Morgan fingerprint density at radius 2 is 1.80 bits per heavy atom. The van der Waals surface area contributed by atoms with Gasteiger partial charge in [0.2, 0.25) is 0 Å². The van der Waals surface area contributed by atoms with Gasteiger partial charge in [0, 0.05) is 45.3 Å². The van der Waals surface area contributed by atoms with Crippen LogP contribution in [0.15, 0.2) is 42.5 Å². The third kappa shape index (κ3) is 3.08. The predicted octanol–water partition coefficient (Wildman–Crippen LogP) is 4.82. The van der Waals surface area contributed by atoms with Crippen molar-refractivity contribution in [2.75, 3.05) is 13.6 Å².